The van der Waals surface area contributed by atoms with Crippen molar-refractivity contribution in [1.29, 1.82) is 0 Å². The third-order valence-corrected chi connectivity index (χ3v) is 6.07. The van der Waals surface area contributed by atoms with Crippen LogP contribution in [0.2, 0.25) is 0 Å². The van der Waals surface area contributed by atoms with Gasteiger partial charge in [0.25, 0.3) is 0 Å². The largest absolute Gasteiger partial charge is 0.368 e. The molecule has 2 saturated heterocycles. The van der Waals surface area contributed by atoms with E-state index in [9.17, 15) is 9.59 Å². The van der Waals surface area contributed by atoms with Gasteiger partial charge in [-0.05, 0) is 36.5 Å². The molecule has 0 aliphatic carbocycles. The summed E-state index contributed by atoms with van der Waals surface area (Å²) in [5.74, 6) is -0.165. The number of thiocarbonyl (C=S) groups is 1. The molecule has 0 unspecified atom stereocenters. The van der Waals surface area contributed by atoms with Crippen molar-refractivity contribution < 1.29 is 9.59 Å². The Bertz CT molecular complexity index is 916. The first kappa shape index (κ1) is 21.1. The predicted molar refractivity (Wildman–Crippen MR) is 126 cm³/mol. The summed E-state index contributed by atoms with van der Waals surface area (Å²) in [5, 5.41) is 6.52. The number of piperazine rings is 2. The molecular formula is C23H27N5O2S. The van der Waals surface area contributed by atoms with Gasteiger partial charge in [-0.15, -0.1) is 0 Å². The number of hydrogen-bond acceptors (Lipinski definition) is 4. The normalized spacial score (nSPS) is 19.0. The van der Waals surface area contributed by atoms with Gasteiger partial charge in [0.2, 0.25) is 11.8 Å². The Morgan fingerprint density at radius 2 is 1.61 bits per heavy atom. The van der Waals surface area contributed by atoms with E-state index >= 15 is 0 Å². The first-order valence-corrected chi connectivity index (χ1v) is 11.0. The van der Waals surface area contributed by atoms with E-state index in [1.807, 2.05) is 58.3 Å². The Labute approximate surface area is 188 Å². The number of anilines is 2. The number of amides is 2. The van der Waals surface area contributed by atoms with Gasteiger partial charge in [-0.2, -0.15) is 0 Å². The van der Waals surface area contributed by atoms with Crippen LogP contribution < -0.4 is 15.5 Å². The van der Waals surface area contributed by atoms with Gasteiger partial charge in [-0.1, -0.05) is 36.4 Å². The molecule has 2 heterocycles. The van der Waals surface area contributed by atoms with E-state index in [2.05, 4.69) is 27.7 Å². The summed E-state index contributed by atoms with van der Waals surface area (Å²) >= 11 is 5.57. The van der Waals surface area contributed by atoms with Gasteiger partial charge in [0.05, 0.1) is 6.42 Å². The topological polar surface area (TPSA) is 67.9 Å². The van der Waals surface area contributed by atoms with Gasteiger partial charge in [-0.25, -0.2) is 0 Å². The molecule has 8 heteroatoms. The Hall–Kier alpha value is -3.13. The van der Waals surface area contributed by atoms with Crippen molar-refractivity contribution in [3.8, 4) is 0 Å². The number of rotatable bonds is 4. The van der Waals surface area contributed by atoms with E-state index in [0.717, 1.165) is 18.8 Å². The second kappa shape index (κ2) is 9.78. The van der Waals surface area contributed by atoms with E-state index < -0.39 is 6.04 Å². The molecule has 4 rings (SSSR count). The fourth-order valence-electron chi connectivity index (χ4n) is 4.02. The standard InChI is InChI=1S/C23H27N5O2S/c29-21(27-15-13-26(14-16-27)19-9-5-2-6-10-19)17-20-22(30)24-11-12-28(20)23(31)25-18-7-3-1-4-8-18/h1-10,20H,11-17H2,(H,24,30)(H,25,31)/t20-/m1/s1. The fraction of sp³-hybridized carbons (Fsp3) is 0.348. The van der Waals surface area contributed by atoms with Gasteiger partial charge >= 0.3 is 0 Å². The molecule has 31 heavy (non-hydrogen) atoms. The molecule has 0 aromatic heterocycles. The molecule has 2 aliphatic rings. The molecule has 7 nitrogen and oxygen atoms in total. The maximum Gasteiger partial charge on any atom is 0.243 e. The average molecular weight is 438 g/mol. The van der Waals surface area contributed by atoms with Crippen molar-refractivity contribution in [3.05, 3.63) is 60.7 Å². The van der Waals surface area contributed by atoms with Crippen molar-refractivity contribution in [2.75, 3.05) is 49.5 Å². The predicted octanol–water partition coefficient (Wildman–Crippen LogP) is 1.92. The summed E-state index contributed by atoms with van der Waals surface area (Å²) in [6, 6.07) is 19.2. The summed E-state index contributed by atoms with van der Waals surface area (Å²) in [5.41, 5.74) is 2.03. The highest BCUT2D eigenvalue weighted by Gasteiger charge is 2.35. The van der Waals surface area contributed by atoms with E-state index in [1.54, 1.807) is 0 Å². The maximum absolute atomic E-state index is 13.0. The molecule has 2 fully saturated rings. The SMILES string of the molecule is O=C1NCCN(C(=S)Nc2ccccc2)[C@@H]1CC(=O)N1CCN(c2ccccc2)CC1. The van der Waals surface area contributed by atoms with E-state index in [-0.39, 0.29) is 18.2 Å². The Morgan fingerprint density at radius 3 is 2.29 bits per heavy atom. The molecule has 2 aromatic carbocycles. The van der Waals surface area contributed by atoms with Crippen molar-refractivity contribution in [2.24, 2.45) is 0 Å². The van der Waals surface area contributed by atoms with Crippen LogP contribution in [0.15, 0.2) is 60.7 Å². The second-order valence-electron chi connectivity index (χ2n) is 7.70. The van der Waals surface area contributed by atoms with E-state index in [0.29, 0.717) is 31.3 Å². The van der Waals surface area contributed by atoms with Crippen molar-refractivity contribution >= 4 is 40.5 Å². The summed E-state index contributed by atoms with van der Waals surface area (Å²) in [4.78, 5) is 31.6. The highest BCUT2D eigenvalue weighted by molar-refractivity contribution is 7.80. The van der Waals surface area contributed by atoms with Crippen molar-refractivity contribution in [3.63, 3.8) is 0 Å². The van der Waals surface area contributed by atoms with Crippen LogP contribution in [0.25, 0.3) is 0 Å². The highest BCUT2D eigenvalue weighted by Crippen LogP contribution is 2.18. The van der Waals surface area contributed by atoms with Gasteiger partial charge in [0, 0.05) is 50.6 Å². The third-order valence-electron chi connectivity index (χ3n) is 5.74. The summed E-state index contributed by atoms with van der Waals surface area (Å²) in [6.45, 7) is 3.94. The smallest absolute Gasteiger partial charge is 0.243 e. The van der Waals surface area contributed by atoms with Crippen LogP contribution in [0.5, 0.6) is 0 Å². The molecule has 2 amide bonds. The van der Waals surface area contributed by atoms with Crippen LogP contribution in [-0.4, -0.2) is 72.0 Å². The highest BCUT2D eigenvalue weighted by atomic mass is 32.1. The zero-order valence-electron chi connectivity index (χ0n) is 17.4. The van der Waals surface area contributed by atoms with Crippen LogP contribution in [0.1, 0.15) is 6.42 Å². The molecule has 0 spiro atoms. The van der Waals surface area contributed by atoms with Crippen molar-refractivity contribution in [2.45, 2.75) is 12.5 Å². The number of carbonyl (C=O) groups is 2. The number of carbonyl (C=O) groups excluding carboxylic acids is 2. The molecule has 162 valence electrons. The van der Waals surface area contributed by atoms with Gasteiger partial charge in [0.15, 0.2) is 5.11 Å². The number of hydrogen-bond donors (Lipinski definition) is 2. The fourth-order valence-corrected chi connectivity index (χ4v) is 4.36. The monoisotopic (exact) mass is 437 g/mol. The lowest BCUT2D eigenvalue weighted by Crippen LogP contribution is -2.60. The van der Waals surface area contributed by atoms with E-state index in [4.69, 9.17) is 12.2 Å². The van der Waals surface area contributed by atoms with Gasteiger partial charge < -0.3 is 25.3 Å². The number of benzene rings is 2. The molecule has 2 aliphatic heterocycles. The van der Waals surface area contributed by atoms with Crippen LogP contribution in [0.3, 0.4) is 0 Å². The number of para-hydroxylation sites is 2. The van der Waals surface area contributed by atoms with Crippen LogP contribution in [-0.2, 0) is 9.59 Å². The molecule has 1 atom stereocenters. The lowest BCUT2D eigenvalue weighted by Gasteiger charge is -2.39. The summed E-state index contributed by atoms with van der Waals surface area (Å²) in [6.07, 6.45) is 0.119. The van der Waals surface area contributed by atoms with Crippen molar-refractivity contribution in [1.82, 2.24) is 15.1 Å². The molecular weight excluding hydrogens is 410 g/mol. The minimum absolute atomic E-state index is 0.0118. The Kier molecular flexibility index (Phi) is 6.66. The maximum atomic E-state index is 13.0. The van der Waals surface area contributed by atoms with Crippen LogP contribution in [0.4, 0.5) is 11.4 Å². The summed E-state index contributed by atoms with van der Waals surface area (Å²) in [7, 11) is 0. The zero-order chi connectivity index (χ0) is 21.6. The first-order valence-electron chi connectivity index (χ1n) is 10.6. The third kappa shape index (κ3) is 5.14. The van der Waals surface area contributed by atoms with Gasteiger partial charge in [0.1, 0.15) is 6.04 Å². The molecule has 2 aromatic rings. The molecule has 0 radical (unpaired) electrons. The molecule has 0 saturated carbocycles. The van der Waals surface area contributed by atoms with Crippen LogP contribution >= 0.6 is 12.2 Å². The lowest BCUT2D eigenvalue weighted by atomic mass is 10.1. The molecule has 2 N–H and O–H groups in total. The molecule has 0 bridgehead atoms. The number of nitrogens with zero attached hydrogens (tertiary/aromatic N) is 3. The first-order chi connectivity index (χ1) is 15.1. The van der Waals surface area contributed by atoms with E-state index in [1.165, 1.54) is 5.69 Å². The lowest BCUT2D eigenvalue weighted by molar-refractivity contribution is -0.137. The Balaban J connectivity index is 1.36. The zero-order valence-corrected chi connectivity index (χ0v) is 18.2. The number of nitrogens with one attached hydrogen (secondary N) is 2. The van der Waals surface area contributed by atoms with Crippen LogP contribution in [0, 0.1) is 0 Å². The second-order valence-corrected chi connectivity index (χ2v) is 8.09. The van der Waals surface area contributed by atoms with Gasteiger partial charge in [-0.3, -0.25) is 9.59 Å². The summed E-state index contributed by atoms with van der Waals surface area (Å²) < 4.78 is 0. The minimum atomic E-state index is -0.600. The minimum Gasteiger partial charge on any atom is -0.368 e. The average Bonchev–Trinajstić information content (AvgIpc) is 2.81. The Morgan fingerprint density at radius 1 is 0.968 bits per heavy atom. The quantitative estimate of drug-likeness (QED) is 0.713.